The van der Waals surface area contributed by atoms with Crippen LogP contribution in [0, 0.1) is 12.7 Å². The highest BCUT2D eigenvalue weighted by Gasteiger charge is 2.10. The number of benzene rings is 2. The van der Waals surface area contributed by atoms with E-state index in [1.54, 1.807) is 12.1 Å². The van der Waals surface area contributed by atoms with E-state index in [9.17, 15) is 4.39 Å². The summed E-state index contributed by atoms with van der Waals surface area (Å²) in [6.45, 7) is 7.04. The number of halogens is 1. The average Bonchev–Trinajstić information content (AvgIpc) is 2.47. The lowest BCUT2D eigenvalue weighted by Crippen LogP contribution is -2.19. The molecule has 1 unspecified atom stereocenters. The molecule has 3 heteroatoms. The third kappa shape index (κ3) is 4.30. The zero-order chi connectivity index (χ0) is 15.2. The topological polar surface area (TPSA) is 21.3 Å². The van der Waals surface area contributed by atoms with Crippen LogP contribution in [0.5, 0.6) is 11.5 Å². The summed E-state index contributed by atoms with van der Waals surface area (Å²) in [7, 11) is 0. The molecule has 0 heterocycles. The molecule has 0 spiro atoms. The third-order valence-electron chi connectivity index (χ3n) is 3.37. The zero-order valence-electron chi connectivity index (χ0n) is 12.8. The predicted molar refractivity (Wildman–Crippen MR) is 84.4 cm³/mol. The van der Waals surface area contributed by atoms with Crippen molar-refractivity contribution in [3.63, 3.8) is 0 Å². The van der Waals surface area contributed by atoms with E-state index >= 15 is 0 Å². The van der Waals surface area contributed by atoms with Gasteiger partial charge in [-0.2, -0.15) is 0 Å². The molecule has 0 amide bonds. The highest BCUT2D eigenvalue weighted by Crippen LogP contribution is 2.27. The molecule has 0 bridgehead atoms. The highest BCUT2D eigenvalue weighted by atomic mass is 19.1. The molecule has 112 valence electrons. The Hall–Kier alpha value is -1.87. The van der Waals surface area contributed by atoms with Gasteiger partial charge in [-0.05, 0) is 62.2 Å². The Labute approximate surface area is 126 Å². The summed E-state index contributed by atoms with van der Waals surface area (Å²) < 4.78 is 19.8. The molecule has 0 saturated carbocycles. The van der Waals surface area contributed by atoms with Gasteiger partial charge in [-0.3, -0.25) is 0 Å². The maximum absolute atomic E-state index is 14.2. The van der Waals surface area contributed by atoms with Crippen molar-refractivity contribution in [3.05, 3.63) is 59.4 Å². The molecule has 2 nitrogen and oxygen atoms in total. The molecular weight excluding hydrogens is 265 g/mol. The van der Waals surface area contributed by atoms with Crippen molar-refractivity contribution in [2.75, 3.05) is 6.54 Å². The molecule has 0 aromatic heterocycles. The lowest BCUT2D eigenvalue weighted by Gasteiger charge is -2.15. The summed E-state index contributed by atoms with van der Waals surface area (Å²) in [6, 6.07) is 12.9. The Kier molecular flexibility index (Phi) is 5.34. The summed E-state index contributed by atoms with van der Waals surface area (Å²) in [5, 5.41) is 3.34. The number of ether oxygens (including phenoxy) is 1. The van der Waals surface area contributed by atoms with Gasteiger partial charge in [0.25, 0.3) is 0 Å². The average molecular weight is 287 g/mol. The second kappa shape index (κ2) is 7.23. The van der Waals surface area contributed by atoms with Crippen molar-refractivity contribution in [3.8, 4) is 11.5 Å². The number of hydrogen-bond donors (Lipinski definition) is 1. The van der Waals surface area contributed by atoms with Crippen molar-refractivity contribution in [2.45, 2.75) is 33.2 Å². The SMILES string of the molecule is CCCNC(C)c1ccc(Oc2cccc(C)c2)c(F)c1. The van der Waals surface area contributed by atoms with Gasteiger partial charge in [0.15, 0.2) is 11.6 Å². The van der Waals surface area contributed by atoms with Crippen LogP contribution in [0.15, 0.2) is 42.5 Å². The number of hydrogen-bond acceptors (Lipinski definition) is 2. The van der Waals surface area contributed by atoms with Gasteiger partial charge in [0.05, 0.1) is 0 Å². The van der Waals surface area contributed by atoms with Gasteiger partial charge in [0, 0.05) is 6.04 Å². The first-order valence-corrected chi connectivity index (χ1v) is 7.37. The Morgan fingerprint density at radius 2 is 2.00 bits per heavy atom. The summed E-state index contributed by atoms with van der Waals surface area (Å²) in [6.07, 6.45) is 1.06. The van der Waals surface area contributed by atoms with Crippen molar-refractivity contribution in [1.29, 1.82) is 0 Å². The molecule has 2 aromatic rings. The highest BCUT2D eigenvalue weighted by molar-refractivity contribution is 5.36. The molecule has 1 atom stereocenters. The van der Waals surface area contributed by atoms with Gasteiger partial charge in [0.2, 0.25) is 0 Å². The number of aryl methyl sites for hydroxylation is 1. The normalized spacial score (nSPS) is 12.2. The molecular formula is C18H22FNO. The fourth-order valence-corrected chi connectivity index (χ4v) is 2.15. The minimum Gasteiger partial charge on any atom is -0.454 e. The quantitative estimate of drug-likeness (QED) is 0.808. The van der Waals surface area contributed by atoms with Crippen molar-refractivity contribution in [1.82, 2.24) is 5.32 Å². The maximum atomic E-state index is 14.2. The molecule has 1 N–H and O–H groups in total. The minimum absolute atomic E-state index is 0.132. The molecule has 2 rings (SSSR count). The number of rotatable bonds is 6. The summed E-state index contributed by atoms with van der Waals surface area (Å²) in [4.78, 5) is 0. The minimum atomic E-state index is -0.334. The van der Waals surface area contributed by atoms with Crippen LogP contribution in [0.25, 0.3) is 0 Å². The Bertz CT molecular complexity index is 598. The van der Waals surface area contributed by atoms with Gasteiger partial charge >= 0.3 is 0 Å². The summed E-state index contributed by atoms with van der Waals surface area (Å²) in [5.74, 6) is 0.574. The van der Waals surface area contributed by atoms with Gasteiger partial charge in [0.1, 0.15) is 5.75 Å². The van der Waals surface area contributed by atoms with Crippen molar-refractivity contribution >= 4 is 0 Å². The van der Waals surface area contributed by atoms with Crippen LogP contribution in [0.4, 0.5) is 4.39 Å². The van der Waals surface area contributed by atoms with Crippen LogP contribution < -0.4 is 10.1 Å². The van der Waals surface area contributed by atoms with E-state index < -0.39 is 0 Å². The Morgan fingerprint density at radius 1 is 1.19 bits per heavy atom. The summed E-state index contributed by atoms with van der Waals surface area (Å²) >= 11 is 0. The van der Waals surface area contributed by atoms with E-state index in [0.29, 0.717) is 5.75 Å². The predicted octanol–water partition coefficient (Wildman–Crippen LogP) is 4.99. The second-order valence-corrected chi connectivity index (χ2v) is 5.28. The largest absolute Gasteiger partial charge is 0.454 e. The smallest absolute Gasteiger partial charge is 0.166 e. The Balaban J connectivity index is 2.12. The molecule has 2 aromatic carbocycles. The first-order chi connectivity index (χ1) is 10.1. The lowest BCUT2D eigenvalue weighted by atomic mass is 10.1. The van der Waals surface area contributed by atoms with Crippen LogP contribution in [0.1, 0.15) is 37.4 Å². The molecule has 21 heavy (non-hydrogen) atoms. The first kappa shape index (κ1) is 15.5. The van der Waals surface area contributed by atoms with Crippen LogP contribution in [-0.2, 0) is 0 Å². The van der Waals surface area contributed by atoms with E-state index in [0.717, 1.165) is 24.1 Å². The molecule has 0 aliphatic heterocycles. The van der Waals surface area contributed by atoms with E-state index in [2.05, 4.69) is 12.2 Å². The first-order valence-electron chi connectivity index (χ1n) is 7.37. The number of nitrogens with one attached hydrogen (secondary N) is 1. The molecule has 0 aliphatic carbocycles. The molecule has 0 saturated heterocycles. The second-order valence-electron chi connectivity index (χ2n) is 5.28. The standard InChI is InChI=1S/C18H22FNO/c1-4-10-20-14(3)15-8-9-18(17(19)12-15)21-16-7-5-6-13(2)11-16/h5-9,11-12,14,20H,4,10H2,1-3H3. The van der Waals surface area contributed by atoms with Gasteiger partial charge in [-0.15, -0.1) is 0 Å². The lowest BCUT2D eigenvalue weighted by molar-refractivity contribution is 0.440. The third-order valence-corrected chi connectivity index (χ3v) is 3.37. The summed E-state index contributed by atoms with van der Waals surface area (Å²) in [5.41, 5.74) is 2.01. The van der Waals surface area contributed by atoms with Crippen LogP contribution >= 0.6 is 0 Å². The fourth-order valence-electron chi connectivity index (χ4n) is 2.15. The van der Waals surface area contributed by atoms with Crippen molar-refractivity contribution in [2.24, 2.45) is 0 Å². The monoisotopic (exact) mass is 287 g/mol. The van der Waals surface area contributed by atoms with Crippen LogP contribution in [0.2, 0.25) is 0 Å². The van der Waals surface area contributed by atoms with Gasteiger partial charge < -0.3 is 10.1 Å². The van der Waals surface area contributed by atoms with E-state index in [-0.39, 0.29) is 17.6 Å². The zero-order valence-corrected chi connectivity index (χ0v) is 12.8. The molecule has 0 fully saturated rings. The molecule has 0 aliphatic rings. The van der Waals surface area contributed by atoms with E-state index in [4.69, 9.17) is 4.74 Å². The van der Waals surface area contributed by atoms with Crippen LogP contribution in [-0.4, -0.2) is 6.54 Å². The fraction of sp³-hybridized carbons (Fsp3) is 0.333. The van der Waals surface area contributed by atoms with E-state index in [1.807, 2.05) is 44.2 Å². The van der Waals surface area contributed by atoms with E-state index in [1.165, 1.54) is 0 Å². The maximum Gasteiger partial charge on any atom is 0.166 e. The molecule has 0 radical (unpaired) electrons. The van der Waals surface area contributed by atoms with Gasteiger partial charge in [-0.25, -0.2) is 4.39 Å². The van der Waals surface area contributed by atoms with Crippen LogP contribution in [0.3, 0.4) is 0 Å². The Morgan fingerprint density at radius 3 is 2.67 bits per heavy atom. The van der Waals surface area contributed by atoms with Gasteiger partial charge in [-0.1, -0.05) is 25.1 Å². The van der Waals surface area contributed by atoms with Crippen molar-refractivity contribution < 1.29 is 9.13 Å².